The quantitative estimate of drug-likeness (QED) is 0.929. The Kier molecular flexibility index (Phi) is 4.83. The number of hydrogen-bond donors (Lipinski definition) is 1. The van der Waals surface area contributed by atoms with Gasteiger partial charge in [-0.05, 0) is 32.6 Å². The number of carbonyl (C=O) groups excluding carboxylic acids is 1. The van der Waals surface area contributed by atoms with E-state index in [-0.39, 0.29) is 5.91 Å². The Morgan fingerprint density at radius 3 is 2.86 bits per heavy atom. The first-order valence-electron chi connectivity index (χ1n) is 8.48. The summed E-state index contributed by atoms with van der Waals surface area (Å²) in [5, 5.41) is 11.8. The van der Waals surface area contributed by atoms with E-state index < -0.39 is 5.60 Å². The number of amides is 1. The van der Waals surface area contributed by atoms with E-state index in [1.807, 2.05) is 11.1 Å². The van der Waals surface area contributed by atoms with Crippen molar-refractivity contribution >= 4 is 17.2 Å². The number of piperidine rings is 1. The molecule has 1 amide bonds. The van der Waals surface area contributed by atoms with E-state index >= 15 is 0 Å². The van der Waals surface area contributed by atoms with Gasteiger partial charge in [0.2, 0.25) is 5.91 Å². The van der Waals surface area contributed by atoms with Crippen molar-refractivity contribution in [3.8, 4) is 0 Å². The molecule has 1 N–H and O–H groups in total. The van der Waals surface area contributed by atoms with E-state index in [1.54, 1.807) is 11.3 Å². The molecule has 2 heterocycles. The molecule has 22 heavy (non-hydrogen) atoms. The fraction of sp³-hybridized carbons (Fsp3) is 0.765. The highest BCUT2D eigenvalue weighted by atomic mass is 32.1. The first kappa shape index (κ1) is 15.9. The lowest BCUT2D eigenvalue weighted by Gasteiger charge is -2.36. The van der Waals surface area contributed by atoms with Gasteiger partial charge >= 0.3 is 0 Å². The number of thiazole rings is 1. The molecule has 0 aromatic carbocycles. The number of aryl methyl sites for hydroxylation is 1. The van der Waals surface area contributed by atoms with Crippen LogP contribution in [0.2, 0.25) is 0 Å². The maximum absolute atomic E-state index is 12.6. The average Bonchev–Trinajstić information content (AvgIpc) is 2.94. The molecular weight excluding hydrogens is 296 g/mol. The predicted octanol–water partition coefficient (Wildman–Crippen LogP) is 3.24. The zero-order valence-electron chi connectivity index (χ0n) is 13.4. The zero-order valence-corrected chi connectivity index (χ0v) is 14.2. The lowest BCUT2D eigenvalue weighted by Crippen LogP contribution is -2.44. The van der Waals surface area contributed by atoms with Crippen molar-refractivity contribution in [3.05, 3.63) is 16.1 Å². The van der Waals surface area contributed by atoms with Gasteiger partial charge < -0.3 is 10.0 Å². The molecule has 5 heteroatoms. The number of aliphatic hydroxyl groups is 1. The Morgan fingerprint density at radius 1 is 1.41 bits per heavy atom. The van der Waals surface area contributed by atoms with Crippen LogP contribution >= 0.6 is 11.3 Å². The molecule has 0 spiro atoms. The summed E-state index contributed by atoms with van der Waals surface area (Å²) in [5.74, 6) is 0.500. The molecule has 0 bridgehead atoms. The molecule has 1 aromatic rings. The molecule has 2 aliphatic rings. The predicted molar refractivity (Wildman–Crippen MR) is 88.1 cm³/mol. The van der Waals surface area contributed by atoms with Gasteiger partial charge in [-0.1, -0.05) is 19.3 Å². The van der Waals surface area contributed by atoms with Gasteiger partial charge in [0.05, 0.1) is 17.0 Å². The third-order valence-electron chi connectivity index (χ3n) is 5.03. The minimum absolute atomic E-state index is 0.127. The van der Waals surface area contributed by atoms with E-state index in [2.05, 4.69) is 11.9 Å². The monoisotopic (exact) mass is 322 g/mol. The summed E-state index contributed by atoms with van der Waals surface area (Å²) < 4.78 is 0. The maximum atomic E-state index is 12.6. The Bertz CT molecular complexity index is 522. The second kappa shape index (κ2) is 6.67. The van der Waals surface area contributed by atoms with Crippen LogP contribution < -0.4 is 0 Å². The number of aromatic nitrogens is 1. The first-order chi connectivity index (χ1) is 10.6. The summed E-state index contributed by atoms with van der Waals surface area (Å²) in [6.45, 7) is 3.67. The largest absolute Gasteiger partial charge is 0.389 e. The SMILES string of the molecule is Cc1cnc([C@H]2CCCN(C(=O)CC3(O)CCCCC3)C2)s1. The third kappa shape index (κ3) is 3.69. The Balaban J connectivity index is 1.60. The lowest BCUT2D eigenvalue weighted by molar-refractivity contribution is -0.139. The number of hydrogen-bond acceptors (Lipinski definition) is 4. The van der Waals surface area contributed by atoms with Crippen LogP contribution in [0, 0.1) is 6.92 Å². The van der Waals surface area contributed by atoms with E-state index in [4.69, 9.17) is 0 Å². The number of carbonyl (C=O) groups is 1. The normalized spacial score (nSPS) is 25.2. The van der Waals surface area contributed by atoms with Crippen LogP contribution in [0.25, 0.3) is 0 Å². The van der Waals surface area contributed by atoms with Crippen LogP contribution in [-0.4, -0.2) is 39.6 Å². The Hall–Kier alpha value is -0.940. The highest BCUT2D eigenvalue weighted by molar-refractivity contribution is 7.11. The van der Waals surface area contributed by atoms with Gasteiger partial charge in [0.25, 0.3) is 0 Å². The van der Waals surface area contributed by atoms with Crippen molar-refractivity contribution in [1.82, 2.24) is 9.88 Å². The Morgan fingerprint density at radius 2 is 2.18 bits per heavy atom. The molecule has 122 valence electrons. The van der Waals surface area contributed by atoms with Crippen LogP contribution in [-0.2, 0) is 4.79 Å². The molecule has 2 fully saturated rings. The molecule has 1 aromatic heterocycles. The molecule has 0 radical (unpaired) electrons. The molecule has 1 atom stereocenters. The summed E-state index contributed by atoms with van der Waals surface area (Å²) >= 11 is 1.74. The molecule has 0 unspecified atom stereocenters. The van der Waals surface area contributed by atoms with Gasteiger partial charge in [-0.25, -0.2) is 4.98 Å². The highest BCUT2D eigenvalue weighted by Gasteiger charge is 2.35. The molecule has 1 saturated carbocycles. The summed E-state index contributed by atoms with van der Waals surface area (Å²) in [6, 6.07) is 0. The van der Waals surface area contributed by atoms with Gasteiger partial charge in [0.1, 0.15) is 0 Å². The van der Waals surface area contributed by atoms with Gasteiger partial charge in [-0.3, -0.25) is 4.79 Å². The second-order valence-electron chi connectivity index (χ2n) is 6.95. The van der Waals surface area contributed by atoms with E-state index in [1.165, 1.54) is 11.3 Å². The van der Waals surface area contributed by atoms with Crippen molar-refractivity contribution in [2.75, 3.05) is 13.1 Å². The first-order valence-corrected chi connectivity index (χ1v) is 9.30. The highest BCUT2D eigenvalue weighted by Crippen LogP contribution is 2.33. The van der Waals surface area contributed by atoms with Gasteiger partial charge in [-0.15, -0.1) is 11.3 Å². The molecule has 3 rings (SSSR count). The second-order valence-corrected chi connectivity index (χ2v) is 8.22. The summed E-state index contributed by atoms with van der Waals surface area (Å²) in [4.78, 5) is 20.3. The fourth-order valence-electron chi connectivity index (χ4n) is 3.75. The Labute approximate surface area is 136 Å². The maximum Gasteiger partial charge on any atom is 0.225 e. The van der Waals surface area contributed by atoms with Crippen molar-refractivity contribution in [2.45, 2.75) is 69.8 Å². The minimum Gasteiger partial charge on any atom is -0.389 e. The van der Waals surface area contributed by atoms with Gasteiger partial charge in [0, 0.05) is 30.1 Å². The summed E-state index contributed by atoms with van der Waals surface area (Å²) in [6.07, 6.45) is 9.21. The standard InChI is InChI=1S/C17H26N2O2S/c1-13-11-18-16(22-13)14-6-5-9-19(12-14)15(20)10-17(21)7-3-2-4-8-17/h11,14,21H,2-10,12H2,1H3/t14-/m0/s1. The van der Waals surface area contributed by atoms with Crippen molar-refractivity contribution in [1.29, 1.82) is 0 Å². The van der Waals surface area contributed by atoms with Crippen LogP contribution in [0.1, 0.15) is 67.2 Å². The van der Waals surface area contributed by atoms with Gasteiger partial charge in [0.15, 0.2) is 0 Å². The van der Waals surface area contributed by atoms with Crippen molar-refractivity contribution in [2.24, 2.45) is 0 Å². The van der Waals surface area contributed by atoms with Gasteiger partial charge in [-0.2, -0.15) is 0 Å². The topological polar surface area (TPSA) is 53.4 Å². The van der Waals surface area contributed by atoms with E-state index in [0.717, 1.165) is 56.6 Å². The average molecular weight is 322 g/mol. The summed E-state index contributed by atoms with van der Waals surface area (Å²) in [5.41, 5.74) is -0.750. The molecular formula is C17H26N2O2S. The van der Waals surface area contributed by atoms with Crippen LogP contribution in [0.3, 0.4) is 0 Å². The molecule has 1 aliphatic carbocycles. The van der Waals surface area contributed by atoms with Crippen molar-refractivity contribution < 1.29 is 9.90 Å². The van der Waals surface area contributed by atoms with Crippen LogP contribution in [0.15, 0.2) is 6.20 Å². The number of rotatable bonds is 3. The number of likely N-dealkylation sites (tertiary alicyclic amines) is 1. The smallest absolute Gasteiger partial charge is 0.225 e. The molecule has 4 nitrogen and oxygen atoms in total. The third-order valence-corrected chi connectivity index (χ3v) is 6.10. The van der Waals surface area contributed by atoms with Crippen LogP contribution in [0.5, 0.6) is 0 Å². The lowest BCUT2D eigenvalue weighted by atomic mass is 9.82. The summed E-state index contributed by atoms with van der Waals surface area (Å²) in [7, 11) is 0. The van der Waals surface area contributed by atoms with E-state index in [0.29, 0.717) is 12.3 Å². The minimum atomic E-state index is -0.750. The van der Waals surface area contributed by atoms with Crippen molar-refractivity contribution in [3.63, 3.8) is 0 Å². The molecule has 1 saturated heterocycles. The zero-order chi connectivity index (χ0) is 15.6. The van der Waals surface area contributed by atoms with E-state index in [9.17, 15) is 9.90 Å². The number of nitrogens with zero attached hydrogens (tertiary/aromatic N) is 2. The molecule has 1 aliphatic heterocycles. The fourth-order valence-corrected chi connectivity index (χ4v) is 4.65. The van der Waals surface area contributed by atoms with Crippen LogP contribution in [0.4, 0.5) is 0 Å².